The smallest absolute Gasteiger partial charge is 0.126 e. The van der Waals surface area contributed by atoms with E-state index in [0.717, 1.165) is 11.1 Å². The van der Waals surface area contributed by atoms with Gasteiger partial charge < -0.3 is 4.55 Å². The van der Waals surface area contributed by atoms with E-state index in [1.54, 1.807) is 30.3 Å². The lowest BCUT2D eigenvalue weighted by molar-refractivity contribution is 0.521. The summed E-state index contributed by atoms with van der Waals surface area (Å²) in [4.78, 5) is 0. The minimum absolute atomic E-state index is 0.0205. The normalized spacial score (nSPS) is 22.4. The van der Waals surface area contributed by atoms with E-state index in [1.807, 2.05) is 12.1 Å². The highest BCUT2D eigenvalue weighted by atomic mass is 32.2. The van der Waals surface area contributed by atoms with Gasteiger partial charge in [0.15, 0.2) is 0 Å². The molecule has 4 nitrogen and oxygen atoms in total. The fourth-order valence-electron chi connectivity index (χ4n) is 2.27. The fraction of sp³-hybridized carbons (Fsp3) is 0.231. The summed E-state index contributed by atoms with van der Waals surface area (Å²) in [5.74, 6) is -0.182. The van der Waals surface area contributed by atoms with Gasteiger partial charge in [0, 0.05) is 11.2 Å². The second kappa shape index (κ2) is 5.14. The first kappa shape index (κ1) is 12.5. The molecule has 0 aliphatic heterocycles. The van der Waals surface area contributed by atoms with Gasteiger partial charge in [-0.05, 0) is 34.7 Å². The van der Waals surface area contributed by atoms with Gasteiger partial charge in [0.25, 0.3) is 0 Å². The van der Waals surface area contributed by atoms with Gasteiger partial charge in [0.1, 0.15) is 17.7 Å². The quantitative estimate of drug-likeness (QED) is 0.599. The molecule has 0 bridgehead atoms. The lowest BCUT2D eigenvalue weighted by Gasteiger charge is -2.14. The molecule has 0 amide bonds. The summed E-state index contributed by atoms with van der Waals surface area (Å²) in [5.41, 5.74) is 1.67. The van der Waals surface area contributed by atoms with Crippen LogP contribution in [0, 0.1) is 22.7 Å². The molecule has 3 unspecified atom stereocenters. The van der Waals surface area contributed by atoms with Crippen molar-refractivity contribution in [2.24, 2.45) is 0 Å². The summed E-state index contributed by atoms with van der Waals surface area (Å²) < 4.78 is 22.4. The Morgan fingerprint density at radius 2 is 1.94 bits per heavy atom. The number of hydrogen-bond donors (Lipinski definition) is 0. The highest BCUT2D eigenvalue weighted by Gasteiger charge is 2.30. The van der Waals surface area contributed by atoms with Gasteiger partial charge in [-0.25, -0.2) is 0 Å². The third-order valence-electron chi connectivity index (χ3n) is 3.05. The van der Waals surface area contributed by atoms with Crippen molar-refractivity contribution in [3.63, 3.8) is 0 Å². The maximum Gasteiger partial charge on any atom is 0.126 e. The summed E-state index contributed by atoms with van der Waals surface area (Å²) in [6.45, 7) is 0. The number of rotatable bonds is 2. The summed E-state index contributed by atoms with van der Waals surface area (Å²) in [6, 6.07) is 10.8. The Balaban J connectivity index is 2.44. The van der Waals surface area contributed by atoms with E-state index in [2.05, 4.69) is 0 Å². The Bertz CT molecular complexity index is 594. The van der Waals surface area contributed by atoms with Gasteiger partial charge in [-0.1, -0.05) is 24.3 Å². The summed E-state index contributed by atoms with van der Waals surface area (Å²) in [5, 5.41) is 16.9. The Labute approximate surface area is 107 Å². The zero-order valence-corrected chi connectivity index (χ0v) is 10.2. The molecule has 1 aliphatic rings. The number of benzene rings is 1. The molecule has 0 radical (unpaired) electrons. The van der Waals surface area contributed by atoms with Gasteiger partial charge in [0.05, 0.1) is 0 Å². The van der Waals surface area contributed by atoms with Crippen LogP contribution in [0.1, 0.15) is 28.7 Å². The maximum atomic E-state index is 11.2. The lowest BCUT2D eigenvalue weighted by Crippen LogP contribution is -2.01. The van der Waals surface area contributed by atoms with E-state index in [-0.39, 0.29) is 11.5 Å². The van der Waals surface area contributed by atoms with Crippen molar-refractivity contribution in [3.05, 3.63) is 47.0 Å². The Morgan fingerprint density at radius 1 is 1.33 bits per heavy atom. The van der Waals surface area contributed by atoms with Crippen molar-refractivity contribution < 1.29 is 8.76 Å². The second-order valence-electron chi connectivity index (χ2n) is 4.02. The summed E-state index contributed by atoms with van der Waals surface area (Å²) in [7, 11) is 0. The molecule has 3 atom stereocenters. The molecular weight excluding hydrogens is 248 g/mol. The molecular formula is C13H9N2O2S-. The molecule has 0 saturated carbocycles. The standard InChI is InChI=1S/C13H10N2O2S/c14-7-9(8-15)5-10-6-13(18(16)17)12-4-2-1-3-11(10)12/h1-5,10,13H,6H2,(H,16,17)/p-1. The molecule has 0 fully saturated rings. The topological polar surface area (TPSA) is 87.7 Å². The Morgan fingerprint density at radius 3 is 2.50 bits per heavy atom. The van der Waals surface area contributed by atoms with Crippen LogP contribution in [0.3, 0.4) is 0 Å². The molecule has 1 aromatic carbocycles. The summed E-state index contributed by atoms with van der Waals surface area (Å²) in [6.07, 6.45) is 1.94. The molecule has 0 saturated heterocycles. The van der Waals surface area contributed by atoms with Gasteiger partial charge in [-0.2, -0.15) is 10.5 Å². The third kappa shape index (κ3) is 2.19. The molecule has 18 heavy (non-hydrogen) atoms. The van der Waals surface area contributed by atoms with Gasteiger partial charge in [0.2, 0.25) is 0 Å². The zero-order valence-electron chi connectivity index (χ0n) is 9.37. The molecule has 0 spiro atoms. The summed E-state index contributed by atoms with van der Waals surface area (Å²) >= 11 is -2.19. The van der Waals surface area contributed by atoms with Crippen molar-refractivity contribution in [1.82, 2.24) is 0 Å². The first-order chi connectivity index (χ1) is 8.67. The first-order valence-electron chi connectivity index (χ1n) is 5.36. The van der Waals surface area contributed by atoms with E-state index in [1.165, 1.54) is 0 Å². The molecule has 90 valence electrons. The lowest BCUT2D eigenvalue weighted by atomic mass is 9.99. The van der Waals surface area contributed by atoms with Crippen molar-refractivity contribution in [3.8, 4) is 12.1 Å². The van der Waals surface area contributed by atoms with Crippen LogP contribution in [-0.2, 0) is 11.1 Å². The minimum atomic E-state index is -2.19. The van der Waals surface area contributed by atoms with E-state index in [9.17, 15) is 8.76 Å². The minimum Gasteiger partial charge on any atom is -0.772 e. The SMILES string of the molecule is N#CC(C#N)=CC1CC(S(=O)[O-])c2ccccc21. The zero-order chi connectivity index (χ0) is 13.1. The van der Waals surface area contributed by atoms with Gasteiger partial charge in [-0.3, -0.25) is 4.21 Å². The first-order valence-corrected chi connectivity index (χ1v) is 6.50. The molecule has 1 aliphatic carbocycles. The molecule has 0 N–H and O–H groups in total. The van der Waals surface area contributed by atoms with Crippen LogP contribution in [0.25, 0.3) is 0 Å². The molecule has 0 aromatic heterocycles. The van der Waals surface area contributed by atoms with Gasteiger partial charge >= 0.3 is 0 Å². The van der Waals surface area contributed by atoms with Gasteiger partial charge in [-0.15, -0.1) is 0 Å². The van der Waals surface area contributed by atoms with Crippen LogP contribution >= 0.6 is 0 Å². The molecule has 2 rings (SSSR count). The predicted molar refractivity (Wildman–Crippen MR) is 64.8 cm³/mol. The average molecular weight is 257 g/mol. The van der Waals surface area contributed by atoms with E-state index in [4.69, 9.17) is 10.5 Å². The van der Waals surface area contributed by atoms with Crippen LogP contribution in [0.15, 0.2) is 35.9 Å². The second-order valence-corrected chi connectivity index (χ2v) is 5.11. The van der Waals surface area contributed by atoms with E-state index < -0.39 is 16.3 Å². The largest absolute Gasteiger partial charge is 0.772 e. The maximum absolute atomic E-state index is 11.2. The van der Waals surface area contributed by atoms with Crippen LogP contribution < -0.4 is 0 Å². The predicted octanol–water partition coefficient (Wildman–Crippen LogP) is 2.07. The number of nitrogens with zero attached hydrogens (tertiary/aromatic N) is 2. The van der Waals surface area contributed by atoms with Crippen LogP contribution in [0.5, 0.6) is 0 Å². The molecule has 5 heteroatoms. The van der Waals surface area contributed by atoms with E-state index >= 15 is 0 Å². The Hall–Kier alpha value is -1.95. The molecule has 0 heterocycles. The molecule has 1 aromatic rings. The highest BCUT2D eigenvalue weighted by molar-refractivity contribution is 7.79. The van der Waals surface area contributed by atoms with Crippen LogP contribution in [0.4, 0.5) is 0 Å². The Kier molecular flexibility index (Phi) is 3.57. The number of fused-ring (bicyclic) bond motifs is 1. The van der Waals surface area contributed by atoms with Crippen molar-refractivity contribution >= 4 is 11.1 Å². The number of allylic oxidation sites excluding steroid dienone is 2. The van der Waals surface area contributed by atoms with Crippen LogP contribution in [0.2, 0.25) is 0 Å². The number of hydrogen-bond acceptors (Lipinski definition) is 4. The fourth-order valence-corrected chi connectivity index (χ4v) is 3.05. The third-order valence-corrected chi connectivity index (χ3v) is 3.96. The van der Waals surface area contributed by atoms with E-state index in [0.29, 0.717) is 6.42 Å². The van der Waals surface area contributed by atoms with Crippen LogP contribution in [-0.4, -0.2) is 8.76 Å². The van der Waals surface area contributed by atoms with Crippen molar-refractivity contribution in [2.45, 2.75) is 17.6 Å². The van der Waals surface area contributed by atoms with Crippen molar-refractivity contribution in [1.29, 1.82) is 10.5 Å². The monoisotopic (exact) mass is 257 g/mol. The van der Waals surface area contributed by atoms with Crippen molar-refractivity contribution in [2.75, 3.05) is 0 Å². The average Bonchev–Trinajstić information content (AvgIpc) is 2.75. The highest BCUT2D eigenvalue weighted by Crippen LogP contribution is 2.43. The number of nitriles is 2.